The van der Waals surface area contributed by atoms with Crippen molar-refractivity contribution in [2.24, 2.45) is 0 Å². The summed E-state index contributed by atoms with van der Waals surface area (Å²) < 4.78 is 28.1. The summed E-state index contributed by atoms with van der Waals surface area (Å²) in [6, 6.07) is 14.4. The molecule has 0 saturated carbocycles. The predicted molar refractivity (Wildman–Crippen MR) is 124 cm³/mol. The van der Waals surface area contributed by atoms with Gasteiger partial charge in [-0.15, -0.1) is 0 Å². The van der Waals surface area contributed by atoms with Crippen LogP contribution in [-0.4, -0.2) is 46.9 Å². The SMILES string of the molecule is Cc1cccc(CN2CCN(C(=O)c3cc(F)cc4c(=O)c5cc(F)ccc5[nH]c34)CC2)c1. The molecule has 1 aliphatic rings. The molecule has 0 unspecified atom stereocenters. The van der Waals surface area contributed by atoms with Gasteiger partial charge >= 0.3 is 0 Å². The first-order chi connectivity index (χ1) is 15.9. The van der Waals surface area contributed by atoms with E-state index in [4.69, 9.17) is 0 Å². The fraction of sp³-hybridized carbons (Fsp3) is 0.231. The Balaban J connectivity index is 1.42. The van der Waals surface area contributed by atoms with Gasteiger partial charge in [-0.1, -0.05) is 29.8 Å². The summed E-state index contributed by atoms with van der Waals surface area (Å²) in [4.78, 5) is 33.3. The van der Waals surface area contributed by atoms with Gasteiger partial charge in [-0.3, -0.25) is 14.5 Å². The Labute approximate surface area is 189 Å². The van der Waals surface area contributed by atoms with E-state index in [-0.39, 0.29) is 27.8 Å². The van der Waals surface area contributed by atoms with Gasteiger partial charge in [-0.25, -0.2) is 8.78 Å². The summed E-state index contributed by atoms with van der Waals surface area (Å²) in [5, 5.41) is 0.158. The van der Waals surface area contributed by atoms with Crippen molar-refractivity contribution in [1.29, 1.82) is 0 Å². The third-order valence-electron chi connectivity index (χ3n) is 6.21. The number of nitrogens with one attached hydrogen (secondary N) is 1. The van der Waals surface area contributed by atoms with Crippen molar-refractivity contribution >= 4 is 27.7 Å². The van der Waals surface area contributed by atoms with E-state index >= 15 is 0 Å². The van der Waals surface area contributed by atoms with E-state index in [0.29, 0.717) is 31.7 Å². The predicted octanol–water partition coefficient (Wildman–Crippen LogP) is 4.23. The zero-order chi connectivity index (χ0) is 23.1. The molecule has 1 amide bonds. The van der Waals surface area contributed by atoms with E-state index in [1.807, 2.05) is 6.07 Å². The van der Waals surface area contributed by atoms with Crippen molar-refractivity contribution in [1.82, 2.24) is 14.8 Å². The van der Waals surface area contributed by atoms with Gasteiger partial charge in [0.2, 0.25) is 0 Å². The number of rotatable bonds is 3. The Kier molecular flexibility index (Phi) is 5.42. The van der Waals surface area contributed by atoms with E-state index in [1.165, 1.54) is 23.3 Å². The normalized spacial score (nSPS) is 14.8. The molecule has 168 valence electrons. The highest BCUT2D eigenvalue weighted by Gasteiger charge is 2.25. The highest BCUT2D eigenvalue weighted by molar-refractivity contribution is 6.07. The third-order valence-corrected chi connectivity index (χ3v) is 6.21. The number of aryl methyl sites for hydroxylation is 1. The molecule has 1 aliphatic heterocycles. The number of aromatic nitrogens is 1. The number of benzene rings is 3. The molecule has 2 heterocycles. The second kappa shape index (κ2) is 8.41. The Morgan fingerprint density at radius 3 is 2.45 bits per heavy atom. The molecule has 5 nitrogen and oxygen atoms in total. The van der Waals surface area contributed by atoms with Crippen LogP contribution in [0, 0.1) is 18.6 Å². The van der Waals surface area contributed by atoms with Gasteiger partial charge in [0.25, 0.3) is 5.91 Å². The number of pyridine rings is 1. The van der Waals surface area contributed by atoms with Crippen molar-refractivity contribution in [3.05, 3.63) is 93.1 Å². The fourth-order valence-corrected chi connectivity index (χ4v) is 4.53. The van der Waals surface area contributed by atoms with Crippen LogP contribution in [0.3, 0.4) is 0 Å². The van der Waals surface area contributed by atoms with Gasteiger partial charge in [0.1, 0.15) is 11.6 Å². The first-order valence-corrected chi connectivity index (χ1v) is 10.9. The van der Waals surface area contributed by atoms with Crippen molar-refractivity contribution < 1.29 is 13.6 Å². The van der Waals surface area contributed by atoms with Crippen LogP contribution in [0.1, 0.15) is 21.5 Å². The number of hydrogen-bond acceptors (Lipinski definition) is 3. The largest absolute Gasteiger partial charge is 0.354 e. The molecule has 4 aromatic rings. The average molecular weight is 447 g/mol. The minimum atomic E-state index is -0.676. The second-order valence-corrected chi connectivity index (χ2v) is 8.58. The molecule has 0 aliphatic carbocycles. The average Bonchev–Trinajstić information content (AvgIpc) is 2.80. The van der Waals surface area contributed by atoms with E-state index < -0.39 is 17.1 Å². The molecule has 1 aromatic heterocycles. The molecule has 1 N–H and O–H groups in total. The molecule has 7 heteroatoms. The number of carbonyl (C=O) groups is 1. The van der Waals surface area contributed by atoms with Gasteiger partial charge in [-0.2, -0.15) is 0 Å². The zero-order valence-electron chi connectivity index (χ0n) is 18.2. The fourth-order valence-electron chi connectivity index (χ4n) is 4.53. The number of amides is 1. The topological polar surface area (TPSA) is 56.4 Å². The number of aromatic amines is 1. The lowest BCUT2D eigenvalue weighted by molar-refractivity contribution is 0.0630. The van der Waals surface area contributed by atoms with E-state index in [1.54, 1.807) is 4.90 Å². The number of carbonyl (C=O) groups excluding carboxylic acids is 1. The summed E-state index contributed by atoms with van der Waals surface area (Å²) >= 11 is 0. The summed E-state index contributed by atoms with van der Waals surface area (Å²) in [6.07, 6.45) is 0. The lowest BCUT2D eigenvalue weighted by Crippen LogP contribution is -2.48. The van der Waals surface area contributed by atoms with Crippen molar-refractivity contribution in [2.75, 3.05) is 26.2 Å². The van der Waals surface area contributed by atoms with Gasteiger partial charge in [0, 0.05) is 49.0 Å². The van der Waals surface area contributed by atoms with Crippen molar-refractivity contribution in [3.8, 4) is 0 Å². The minimum Gasteiger partial charge on any atom is -0.354 e. The first-order valence-electron chi connectivity index (χ1n) is 10.9. The number of nitrogens with zero attached hydrogens (tertiary/aromatic N) is 2. The van der Waals surface area contributed by atoms with Crippen LogP contribution in [0.15, 0.2) is 59.4 Å². The maximum atomic E-state index is 14.4. The number of fused-ring (bicyclic) bond motifs is 2. The van der Waals surface area contributed by atoms with Gasteiger partial charge in [0.05, 0.1) is 11.1 Å². The number of H-pyrrole nitrogens is 1. The maximum Gasteiger partial charge on any atom is 0.256 e. The molecule has 0 spiro atoms. The molecule has 5 rings (SSSR count). The summed E-state index contributed by atoms with van der Waals surface area (Å²) in [5.41, 5.74) is 2.72. The molecule has 1 fully saturated rings. The molecular weight excluding hydrogens is 424 g/mol. The zero-order valence-corrected chi connectivity index (χ0v) is 18.2. The molecule has 0 radical (unpaired) electrons. The summed E-state index contributed by atoms with van der Waals surface area (Å²) in [5.74, 6) is -1.56. The highest BCUT2D eigenvalue weighted by atomic mass is 19.1. The Morgan fingerprint density at radius 2 is 1.70 bits per heavy atom. The lowest BCUT2D eigenvalue weighted by atomic mass is 10.0. The second-order valence-electron chi connectivity index (χ2n) is 8.58. The lowest BCUT2D eigenvalue weighted by Gasteiger charge is -2.35. The highest BCUT2D eigenvalue weighted by Crippen LogP contribution is 2.23. The van der Waals surface area contributed by atoms with Crippen LogP contribution in [-0.2, 0) is 6.54 Å². The van der Waals surface area contributed by atoms with Crippen LogP contribution in [0.25, 0.3) is 21.8 Å². The van der Waals surface area contributed by atoms with Crippen LogP contribution in [0.2, 0.25) is 0 Å². The molecule has 0 atom stereocenters. The molecule has 3 aromatic carbocycles. The number of piperazine rings is 1. The number of hydrogen-bond donors (Lipinski definition) is 1. The monoisotopic (exact) mass is 447 g/mol. The van der Waals surface area contributed by atoms with E-state index in [2.05, 4.69) is 35.0 Å². The van der Waals surface area contributed by atoms with Gasteiger partial charge in [-0.05, 0) is 42.8 Å². The standard InChI is InChI=1S/C26H23F2N3O2/c1-16-3-2-4-17(11-16)15-30-7-9-31(10-8-30)26(33)22-14-19(28)13-21-24(22)29-23-6-5-18(27)12-20(23)25(21)32/h2-6,11-14H,7-10,15H2,1H3,(H,29,32). The Morgan fingerprint density at radius 1 is 0.939 bits per heavy atom. The van der Waals surface area contributed by atoms with Crippen LogP contribution >= 0.6 is 0 Å². The number of halogens is 2. The first kappa shape index (κ1) is 21.3. The molecule has 33 heavy (non-hydrogen) atoms. The Bertz CT molecular complexity index is 1440. The Hall–Kier alpha value is -3.58. The smallest absolute Gasteiger partial charge is 0.256 e. The molecule has 0 bridgehead atoms. The maximum absolute atomic E-state index is 14.4. The quantitative estimate of drug-likeness (QED) is 0.479. The summed E-state index contributed by atoms with van der Waals surface area (Å²) in [6.45, 7) is 5.28. The van der Waals surface area contributed by atoms with Gasteiger partial charge < -0.3 is 9.88 Å². The van der Waals surface area contributed by atoms with Crippen LogP contribution in [0.5, 0.6) is 0 Å². The van der Waals surface area contributed by atoms with Crippen LogP contribution in [0.4, 0.5) is 8.78 Å². The van der Waals surface area contributed by atoms with Crippen LogP contribution < -0.4 is 5.43 Å². The third kappa shape index (κ3) is 4.12. The van der Waals surface area contributed by atoms with E-state index in [0.717, 1.165) is 24.7 Å². The molecular formula is C26H23F2N3O2. The van der Waals surface area contributed by atoms with Crippen molar-refractivity contribution in [2.45, 2.75) is 13.5 Å². The van der Waals surface area contributed by atoms with E-state index in [9.17, 15) is 18.4 Å². The minimum absolute atomic E-state index is 0.0366. The van der Waals surface area contributed by atoms with Crippen molar-refractivity contribution in [3.63, 3.8) is 0 Å². The van der Waals surface area contributed by atoms with Gasteiger partial charge in [0.15, 0.2) is 5.43 Å². The summed E-state index contributed by atoms with van der Waals surface area (Å²) in [7, 11) is 0. The molecule has 1 saturated heterocycles.